The average Bonchev–Trinajstić information content (AvgIpc) is 2.79. The first-order valence-corrected chi connectivity index (χ1v) is 7.97. The molecule has 114 valence electrons. The molecule has 0 aliphatic heterocycles. The predicted molar refractivity (Wildman–Crippen MR) is 88.6 cm³/mol. The van der Waals surface area contributed by atoms with Crippen molar-refractivity contribution >= 4 is 15.9 Å². The van der Waals surface area contributed by atoms with Gasteiger partial charge in [-0.05, 0) is 61.4 Å². The van der Waals surface area contributed by atoms with Gasteiger partial charge in [-0.25, -0.2) is 0 Å². The Morgan fingerprint density at radius 2 is 2.19 bits per heavy atom. The number of aromatic nitrogens is 2. The zero-order chi connectivity index (χ0) is 15.4. The van der Waals surface area contributed by atoms with Gasteiger partial charge >= 0.3 is 0 Å². The quantitative estimate of drug-likeness (QED) is 0.859. The third-order valence-corrected chi connectivity index (χ3v) is 4.65. The number of rotatable bonds is 6. The Kier molecular flexibility index (Phi) is 5.42. The number of aryl methyl sites for hydroxylation is 2. The molecule has 0 saturated heterocycles. The van der Waals surface area contributed by atoms with Gasteiger partial charge in [0.25, 0.3) is 0 Å². The molecule has 0 saturated carbocycles. The van der Waals surface area contributed by atoms with Crippen LogP contribution in [0.3, 0.4) is 0 Å². The van der Waals surface area contributed by atoms with E-state index in [1.807, 2.05) is 30.8 Å². The van der Waals surface area contributed by atoms with Crippen molar-refractivity contribution in [3.63, 3.8) is 0 Å². The molecule has 0 fully saturated rings. The van der Waals surface area contributed by atoms with Crippen LogP contribution in [0.25, 0.3) is 0 Å². The van der Waals surface area contributed by atoms with E-state index in [1.165, 1.54) is 5.56 Å². The Balaban J connectivity index is 2.13. The summed E-state index contributed by atoms with van der Waals surface area (Å²) in [5.41, 5.74) is 3.28. The van der Waals surface area contributed by atoms with Crippen molar-refractivity contribution in [1.29, 1.82) is 0 Å². The highest BCUT2D eigenvalue weighted by atomic mass is 79.9. The molecule has 2 aromatic rings. The van der Waals surface area contributed by atoms with Gasteiger partial charge < -0.3 is 10.1 Å². The fraction of sp³-hybridized carbons (Fsp3) is 0.438. The molecule has 0 amide bonds. The smallest absolute Gasteiger partial charge is 0.131 e. The summed E-state index contributed by atoms with van der Waals surface area (Å²) < 4.78 is 8.95. The molecule has 0 aliphatic rings. The van der Waals surface area contributed by atoms with E-state index in [0.29, 0.717) is 12.6 Å². The van der Waals surface area contributed by atoms with Gasteiger partial charge in [-0.15, -0.1) is 0 Å². The highest BCUT2D eigenvalue weighted by molar-refractivity contribution is 9.10. The summed E-state index contributed by atoms with van der Waals surface area (Å²) in [4.78, 5) is 0. The SMILES string of the molecule is CCn1nc(C)c(Br)c1COc1cccc(C(C)NC)c1. The molecule has 0 bridgehead atoms. The van der Waals surface area contributed by atoms with Crippen LogP contribution >= 0.6 is 15.9 Å². The van der Waals surface area contributed by atoms with Crippen LogP contribution < -0.4 is 10.1 Å². The Bertz CT molecular complexity index is 610. The number of nitrogens with zero attached hydrogens (tertiary/aromatic N) is 2. The van der Waals surface area contributed by atoms with Crippen LogP contribution in [0.1, 0.15) is 36.8 Å². The minimum absolute atomic E-state index is 0.309. The normalized spacial score (nSPS) is 12.4. The van der Waals surface area contributed by atoms with Crippen LogP contribution in [-0.4, -0.2) is 16.8 Å². The summed E-state index contributed by atoms with van der Waals surface area (Å²) >= 11 is 3.59. The van der Waals surface area contributed by atoms with Crippen molar-refractivity contribution in [1.82, 2.24) is 15.1 Å². The third kappa shape index (κ3) is 3.66. The molecule has 1 aromatic heterocycles. The maximum atomic E-state index is 5.95. The van der Waals surface area contributed by atoms with Gasteiger partial charge in [0.2, 0.25) is 0 Å². The summed E-state index contributed by atoms with van der Waals surface area (Å²) in [6.45, 7) is 7.55. The molecule has 1 aromatic carbocycles. The van der Waals surface area contributed by atoms with Crippen LogP contribution in [-0.2, 0) is 13.2 Å². The maximum absolute atomic E-state index is 5.95. The van der Waals surface area contributed by atoms with Gasteiger partial charge in [0, 0.05) is 12.6 Å². The standard InChI is InChI=1S/C16H22BrN3O/c1-5-20-15(16(17)12(3)19-20)10-21-14-8-6-7-13(9-14)11(2)18-4/h6-9,11,18H,5,10H2,1-4H3. The molecule has 0 spiro atoms. The molecule has 1 unspecified atom stereocenters. The number of nitrogens with one attached hydrogen (secondary N) is 1. The first-order chi connectivity index (χ1) is 10.1. The third-order valence-electron chi connectivity index (χ3n) is 3.62. The van der Waals surface area contributed by atoms with Gasteiger partial charge in [0.05, 0.1) is 15.9 Å². The molecule has 0 aliphatic carbocycles. The number of hydrogen-bond acceptors (Lipinski definition) is 3. The molecular formula is C16H22BrN3O. The minimum Gasteiger partial charge on any atom is -0.487 e. The molecule has 1 heterocycles. The Morgan fingerprint density at radius 1 is 1.43 bits per heavy atom. The summed E-state index contributed by atoms with van der Waals surface area (Å²) in [6.07, 6.45) is 0. The Labute approximate surface area is 134 Å². The minimum atomic E-state index is 0.309. The average molecular weight is 352 g/mol. The van der Waals surface area contributed by atoms with Gasteiger partial charge in [-0.1, -0.05) is 12.1 Å². The van der Waals surface area contributed by atoms with Gasteiger partial charge in [0.1, 0.15) is 12.4 Å². The number of hydrogen-bond donors (Lipinski definition) is 1. The van der Waals surface area contributed by atoms with Crippen LogP contribution in [0, 0.1) is 6.92 Å². The summed E-state index contributed by atoms with van der Waals surface area (Å²) in [7, 11) is 1.96. The van der Waals surface area contributed by atoms with Crippen molar-refractivity contribution < 1.29 is 4.74 Å². The monoisotopic (exact) mass is 351 g/mol. The van der Waals surface area contributed by atoms with Crippen LogP contribution in [0.5, 0.6) is 5.75 Å². The van der Waals surface area contributed by atoms with Crippen molar-refractivity contribution in [2.45, 2.75) is 40.0 Å². The number of ether oxygens (including phenoxy) is 1. The molecule has 21 heavy (non-hydrogen) atoms. The fourth-order valence-corrected chi connectivity index (χ4v) is 2.60. The molecular weight excluding hydrogens is 330 g/mol. The van der Waals surface area contributed by atoms with Crippen molar-refractivity contribution in [2.75, 3.05) is 7.05 Å². The van der Waals surface area contributed by atoms with Crippen LogP contribution in [0.4, 0.5) is 0 Å². The Morgan fingerprint density at radius 3 is 2.86 bits per heavy atom. The predicted octanol–water partition coefficient (Wildman–Crippen LogP) is 3.83. The van der Waals surface area contributed by atoms with Crippen LogP contribution in [0.15, 0.2) is 28.7 Å². The second-order valence-corrected chi connectivity index (χ2v) is 5.83. The van der Waals surface area contributed by atoms with E-state index in [1.54, 1.807) is 0 Å². The van der Waals surface area contributed by atoms with Gasteiger partial charge in [0.15, 0.2) is 0 Å². The van der Waals surface area contributed by atoms with E-state index in [9.17, 15) is 0 Å². The lowest BCUT2D eigenvalue weighted by molar-refractivity contribution is 0.291. The first-order valence-electron chi connectivity index (χ1n) is 7.18. The van der Waals surface area contributed by atoms with E-state index in [-0.39, 0.29) is 0 Å². The lowest BCUT2D eigenvalue weighted by Crippen LogP contribution is -2.12. The highest BCUT2D eigenvalue weighted by Gasteiger charge is 2.13. The molecule has 1 atom stereocenters. The first kappa shape index (κ1) is 16.0. The second kappa shape index (κ2) is 7.09. The van der Waals surface area contributed by atoms with Crippen molar-refractivity contribution in [3.8, 4) is 5.75 Å². The zero-order valence-electron chi connectivity index (χ0n) is 13.0. The zero-order valence-corrected chi connectivity index (χ0v) is 14.6. The van der Waals surface area contributed by atoms with E-state index in [0.717, 1.165) is 28.2 Å². The largest absolute Gasteiger partial charge is 0.487 e. The van der Waals surface area contributed by atoms with Gasteiger partial charge in [-0.2, -0.15) is 5.10 Å². The topological polar surface area (TPSA) is 39.1 Å². The van der Waals surface area contributed by atoms with Gasteiger partial charge in [-0.3, -0.25) is 4.68 Å². The molecule has 0 radical (unpaired) electrons. The molecule has 1 N–H and O–H groups in total. The summed E-state index contributed by atoms with van der Waals surface area (Å²) in [5.74, 6) is 0.878. The van der Waals surface area contributed by atoms with Crippen molar-refractivity contribution in [2.24, 2.45) is 0 Å². The van der Waals surface area contributed by atoms with E-state index < -0.39 is 0 Å². The molecule has 5 heteroatoms. The summed E-state index contributed by atoms with van der Waals surface area (Å²) in [6, 6.07) is 8.50. The van der Waals surface area contributed by atoms with E-state index >= 15 is 0 Å². The highest BCUT2D eigenvalue weighted by Crippen LogP contribution is 2.24. The maximum Gasteiger partial charge on any atom is 0.131 e. The summed E-state index contributed by atoms with van der Waals surface area (Å²) in [5, 5.41) is 7.72. The molecule has 2 rings (SSSR count). The van der Waals surface area contributed by atoms with Crippen LogP contribution in [0.2, 0.25) is 0 Å². The van der Waals surface area contributed by atoms with E-state index in [4.69, 9.17) is 4.74 Å². The lowest BCUT2D eigenvalue weighted by atomic mass is 10.1. The Hall–Kier alpha value is -1.33. The second-order valence-electron chi connectivity index (χ2n) is 5.03. The molecule has 4 nitrogen and oxygen atoms in total. The number of benzene rings is 1. The fourth-order valence-electron chi connectivity index (χ4n) is 2.20. The lowest BCUT2D eigenvalue weighted by Gasteiger charge is -2.13. The van der Waals surface area contributed by atoms with Crippen molar-refractivity contribution in [3.05, 3.63) is 45.7 Å². The van der Waals surface area contributed by atoms with E-state index in [2.05, 4.69) is 52.3 Å². The number of halogens is 1.